The van der Waals surface area contributed by atoms with Gasteiger partial charge in [0, 0.05) is 18.3 Å². The van der Waals surface area contributed by atoms with Crippen LogP contribution in [0.5, 0.6) is 0 Å². The number of hydrogen-bond donors (Lipinski definition) is 3. The van der Waals surface area contributed by atoms with Gasteiger partial charge in [-0.2, -0.15) is 0 Å². The fourth-order valence-electron chi connectivity index (χ4n) is 1.68. The first-order valence-electron chi connectivity index (χ1n) is 6.56. The quantitative estimate of drug-likeness (QED) is 0.792. The van der Waals surface area contributed by atoms with E-state index in [4.69, 9.17) is 5.73 Å². The van der Waals surface area contributed by atoms with E-state index in [1.54, 1.807) is 18.2 Å². The monoisotopic (exact) mass is 277 g/mol. The van der Waals surface area contributed by atoms with Gasteiger partial charge in [-0.25, -0.2) is 0 Å². The van der Waals surface area contributed by atoms with Gasteiger partial charge in [0.2, 0.25) is 11.8 Å². The molecule has 0 spiro atoms. The highest BCUT2D eigenvalue weighted by molar-refractivity contribution is 5.96. The summed E-state index contributed by atoms with van der Waals surface area (Å²) in [5.41, 5.74) is 7.89. The fraction of sp³-hybridized carbons (Fsp3) is 0.467. The molecule has 0 saturated carbocycles. The van der Waals surface area contributed by atoms with Crippen LogP contribution in [0, 0.1) is 12.3 Å². The van der Waals surface area contributed by atoms with E-state index in [9.17, 15) is 9.59 Å². The second-order valence-corrected chi connectivity index (χ2v) is 6.04. The van der Waals surface area contributed by atoms with Gasteiger partial charge in [-0.3, -0.25) is 9.59 Å². The lowest BCUT2D eigenvalue weighted by Crippen LogP contribution is -2.45. The zero-order chi connectivity index (χ0) is 15.5. The average molecular weight is 277 g/mol. The molecular formula is C15H23N3O2. The van der Waals surface area contributed by atoms with Crippen LogP contribution in [-0.2, 0) is 9.59 Å². The minimum absolute atomic E-state index is 0.125. The molecule has 5 heteroatoms. The van der Waals surface area contributed by atoms with Gasteiger partial charge in [0.25, 0.3) is 0 Å². The van der Waals surface area contributed by atoms with Crippen LogP contribution >= 0.6 is 0 Å². The van der Waals surface area contributed by atoms with Crippen molar-refractivity contribution in [3.8, 4) is 0 Å². The van der Waals surface area contributed by atoms with Gasteiger partial charge in [-0.05, 0) is 36.1 Å². The molecule has 20 heavy (non-hydrogen) atoms. The van der Waals surface area contributed by atoms with Crippen LogP contribution in [0.3, 0.4) is 0 Å². The van der Waals surface area contributed by atoms with Crippen molar-refractivity contribution >= 4 is 23.2 Å². The van der Waals surface area contributed by atoms with E-state index in [-0.39, 0.29) is 17.2 Å². The molecule has 0 unspecified atom stereocenters. The summed E-state index contributed by atoms with van der Waals surface area (Å²) in [7, 11) is 0. The summed E-state index contributed by atoms with van der Waals surface area (Å²) in [6.07, 6.45) is 0. The smallest absolute Gasteiger partial charge is 0.241 e. The van der Waals surface area contributed by atoms with Gasteiger partial charge in [0.15, 0.2) is 0 Å². The zero-order valence-corrected chi connectivity index (χ0v) is 12.7. The minimum Gasteiger partial charge on any atom is -0.326 e. The van der Waals surface area contributed by atoms with Gasteiger partial charge in [-0.1, -0.05) is 20.8 Å². The highest BCUT2D eigenvalue weighted by atomic mass is 16.2. The number of aryl methyl sites for hydroxylation is 1. The van der Waals surface area contributed by atoms with E-state index in [1.807, 2.05) is 27.7 Å². The molecule has 0 fully saturated rings. The Morgan fingerprint density at radius 2 is 1.80 bits per heavy atom. The zero-order valence-electron chi connectivity index (χ0n) is 12.7. The van der Waals surface area contributed by atoms with Gasteiger partial charge in [0.1, 0.15) is 0 Å². The molecule has 1 aromatic carbocycles. The maximum Gasteiger partial charge on any atom is 0.241 e. The first-order valence-corrected chi connectivity index (χ1v) is 6.56. The number of nitrogens with two attached hydrogens (primary N) is 1. The van der Waals surface area contributed by atoms with Gasteiger partial charge in [-0.15, -0.1) is 0 Å². The molecule has 0 aromatic heterocycles. The van der Waals surface area contributed by atoms with Crippen molar-refractivity contribution < 1.29 is 9.59 Å². The normalized spacial score (nSPS) is 12.7. The van der Waals surface area contributed by atoms with Crippen LogP contribution < -0.4 is 16.4 Å². The van der Waals surface area contributed by atoms with Crippen molar-refractivity contribution in [3.63, 3.8) is 0 Å². The lowest BCUT2D eigenvalue weighted by Gasteiger charge is -2.25. The van der Waals surface area contributed by atoms with Crippen molar-refractivity contribution in [1.29, 1.82) is 0 Å². The van der Waals surface area contributed by atoms with Gasteiger partial charge in [0.05, 0.1) is 6.04 Å². The minimum atomic E-state index is -0.585. The Labute approximate surface area is 119 Å². The summed E-state index contributed by atoms with van der Waals surface area (Å²) >= 11 is 0. The number of hydrogen-bond acceptors (Lipinski definition) is 3. The van der Waals surface area contributed by atoms with Crippen LogP contribution in [0.25, 0.3) is 0 Å². The first kappa shape index (κ1) is 16.2. The molecule has 1 aromatic rings. The Morgan fingerprint density at radius 3 is 2.25 bits per heavy atom. The van der Waals surface area contributed by atoms with Crippen LogP contribution in [0.1, 0.15) is 33.3 Å². The number of rotatable bonds is 3. The van der Waals surface area contributed by atoms with Crippen molar-refractivity contribution in [2.75, 3.05) is 10.6 Å². The molecule has 0 saturated heterocycles. The number of amides is 2. The molecule has 2 amide bonds. The summed E-state index contributed by atoms with van der Waals surface area (Å²) in [6, 6.07) is 4.72. The second-order valence-electron chi connectivity index (χ2n) is 6.04. The topological polar surface area (TPSA) is 84.2 Å². The number of carbonyl (C=O) groups excluding carboxylic acids is 2. The van der Waals surface area contributed by atoms with Crippen LogP contribution in [0.15, 0.2) is 18.2 Å². The highest BCUT2D eigenvalue weighted by Crippen LogP contribution is 2.22. The Balaban J connectivity index is 2.82. The fourth-order valence-corrected chi connectivity index (χ4v) is 1.68. The summed E-state index contributed by atoms with van der Waals surface area (Å²) in [5, 5.41) is 5.52. The van der Waals surface area contributed by atoms with Gasteiger partial charge >= 0.3 is 0 Å². The second kappa shape index (κ2) is 6.05. The summed E-state index contributed by atoms with van der Waals surface area (Å²) in [5.74, 6) is -0.344. The molecule has 0 bridgehead atoms. The highest BCUT2D eigenvalue weighted by Gasteiger charge is 2.27. The van der Waals surface area contributed by atoms with E-state index in [0.717, 1.165) is 11.3 Å². The number of benzene rings is 1. The summed E-state index contributed by atoms with van der Waals surface area (Å²) in [6.45, 7) is 9.08. The first-order chi connectivity index (χ1) is 9.11. The SMILES string of the molecule is CC(=O)Nc1ccc(NC(=O)[C@H](N)C(C)(C)C)cc1C. The molecule has 0 aliphatic carbocycles. The van der Waals surface area contributed by atoms with Crippen LogP contribution in [0.4, 0.5) is 11.4 Å². The predicted molar refractivity (Wildman–Crippen MR) is 81.5 cm³/mol. The third-order valence-corrected chi connectivity index (χ3v) is 3.02. The molecule has 0 aliphatic heterocycles. The van der Waals surface area contributed by atoms with E-state index < -0.39 is 6.04 Å². The third-order valence-electron chi connectivity index (χ3n) is 3.02. The van der Waals surface area contributed by atoms with E-state index in [1.165, 1.54) is 6.92 Å². The molecule has 110 valence electrons. The molecule has 0 radical (unpaired) electrons. The molecular weight excluding hydrogens is 254 g/mol. The molecule has 0 heterocycles. The number of anilines is 2. The molecule has 1 rings (SSSR count). The van der Waals surface area contributed by atoms with Crippen molar-refractivity contribution in [2.45, 2.75) is 40.7 Å². The number of carbonyl (C=O) groups is 2. The largest absolute Gasteiger partial charge is 0.326 e. The Hall–Kier alpha value is -1.88. The van der Waals surface area contributed by atoms with Crippen molar-refractivity contribution in [3.05, 3.63) is 23.8 Å². The van der Waals surface area contributed by atoms with Crippen LogP contribution in [0.2, 0.25) is 0 Å². The third kappa shape index (κ3) is 4.35. The molecule has 0 aliphatic rings. The van der Waals surface area contributed by atoms with Crippen LogP contribution in [-0.4, -0.2) is 17.9 Å². The lowest BCUT2D eigenvalue weighted by atomic mass is 9.87. The maximum absolute atomic E-state index is 12.0. The summed E-state index contributed by atoms with van der Waals surface area (Å²) in [4.78, 5) is 23.1. The Bertz CT molecular complexity index is 518. The predicted octanol–water partition coefficient (Wildman–Crippen LogP) is 2.27. The number of nitrogens with one attached hydrogen (secondary N) is 2. The van der Waals surface area contributed by atoms with Crippen molar-refractivity contribution in [2.24, 2.45) is 11.1 Å². The summed E-state index contributed by atoms with van der Waals surface area (Å²) < 4.78 is 0. The maximum atomic E-state index is 12.0. The standard InChI is InChI=1S/C15H23N3O2/c1-9-8-11(6-7-12(9)17-10(2)19)18-14(20)13(16)15(3,4)5/h6-8,13H,16H2,1-5H3,(H,17,19)(H,18,20)/t13-/m0/s1. The lowest BCUT2D eigenvalue weighted by molar-refractivity contribution is -0.119. The Kier molecular flexibility index (Phi) is 4.89. The van der Waals surface area contributed by atoms with E-state index in [0.29, 0.717) is 5.69 Å². The van der Waals surface area contributed by atoms with Gasteiger partial charge < -0.3 is 16.4 Å². The van der Waals surface area contributed by atoms with Crippen molar-refractivity contribution in [1.82, 2.24) is 0 Å². The molecule has 1 atom stereocenters. The van der Waals surface area contributed by atoms with E-state index >= 15 is 0 Å². The molecule has 4 N–H and O–H groups in total. The Morgan fingerprint density at radius 1 is 1.20 bits per heavy atom. The van der Waals surface area contributed by atoms with E-state index in [2.05, 4.69) is 10.6 Å². The average Bonchev–Trinajstić information content (AvgIpc) is 2.30. The molecule has 5 nitrogen and oxygen atoms in total.